The first-order valence-corrected chi connectivity index (χ1v) is 11.5. The van der Waals surface area contributed by atoms with Crippen LogP contribution in [-0.2, 0) is 14.3 Å². The van der Waals surface area contributed by atoms with Crippen molar-refractivity contribution in [3.63, 3.8) is 0 Å². The fourth-order valence-corrected chi connectivity index (χ4v) is 7.86. The number of carbonyl (C=O) groups excluding carboxylic acids is 1. The standard InChI is InChI=1S/C25H36O4/c1-14(2)10-16-11-15(3)25(29-16)9-8-23(4)12-18-21-17(6-7-20(23)25)22(26)28-19(21)13-24(18,5)27/h6,10,15-16,18-21,27H,7-9,11-13H2,1-5H3/t15-,16-,18-,19-,20+,21+,23+,24+,25-/m0/s1. The number of esters is 1. The first-order chi connectivity index (χ1) is 13.6. The second kappa shape index (κ2) is 6.20. The Kier molecular flexibility index (Phi) is 4.23. The van der Waals surface area contributed by atoms with Crippen molar-refractivity contribution in [2.24, 2.45) is 29.1 Å². The molecule has 4 fully saturated rings. The summed E-state index contributed by atoms with van der Waals surface area (Å²) in [5.74, 6) is 0.859. The summed E-state index contributed by atoms with van der Waals surface area (Å²) in [4.78, 5) is 12.6. The van der Waals surface area contributed by atoms with E-state index in [-0.39, 0.29) is 41.0 Å². The molecule has 0 amide bonds. The van der Waals surface area contributed by atoms with E-state index in [1.807, 2.05) is 6.92 Å². The molecule has 1 N–H and O–H groups in total. The van der Waals surface area contributed by atoms with Crippen LogP contribution in [0.25, 0.3) is 0 Å². The number of fused-ring (bicyclic) bond motifs is 2. The van der Waals surface area contributed by atoms with Gasteiger partial charge in [-0.05, 0) is 76.0 Å². The minimum Gasteiger partial charge on any atom is -0.458 e. The number of hydrogen-bond acceptors (Lipinski definition) is 4. The third-order valence-corrected chi connectivity index (χ3v) is 9.19. The lowest BCUT2D eigenvalue weighted by atomic mass is 9.62. The second-order valence-corrected chi connectivity index (χ2v) is 11.4. The van der Waals surface area contributed by atoms with Gasteiger partial charge in [0.1, 0.15) is 6.10 Å². The van der Waals surface area contributed by atoms with E-state index >= 15 is 0 Å². The van der Waals surface area contributed by atoms with Crippen molar-refractivity contribution in [3.05, 3.63) is 23.3 Å². The summed E-state index contributed by atoms with van der Waals surface area (Å²) in [5.41, 5.74) is 1.35. The van der Waals surface area contributed by atoms with Gasteiger partial charge >= 0.3 is 5.97 Å². The molecule has 2 heterocycles. The van der Waals surface area contributed by atoms with E-state index in [9.17, 15) is 9.90 Å². The fraction of sp³-hybridized carbons (Fsp3) is 0.800. The third-order valence-electron chi connectivity index (χ3n) is 9.19. The number of rotatable bonds is 1. The predicted octanol–water partition coefficient (Wildman–Crippen LogP) is 4.57. The van der Waals surface area contributed by atoms with Gasteiger partial charge in [-0.25, -0.2) is 4.79 Å². The smallest absolute Gasteiger partial charge is 0.334 e. The molecule has 4 heteroatoms. The molecule has 160 valence electrons. The van der Waals surface area contributed by atoms with Crippen LogP contribution in [0.5, 0.6) is 0 Å². The molecule has 29 heavy (non-hydrogen) atoms. The van der Waals surface area contributed by atoms with Crippen LogP contribution < -0.4 is 0 Å². The highest BCUT2D eigenvalue weighted by Crippen LogP contribution is 2.65. The SMILES string of the molecule is CC(C)=C[C@H]1C[C@H](C)[C@]2(CC[C@]3(C)C[C@H]4[C@H]5C(=CC[C@H]32)C(=O)O[C@H]5C[C@@]4(C)O)O1. The topological polar surface area (TPSA) is 55.8 Å². The van der Waals surface area contributed by atoms with Gasteiger partial charge in [0.2, 0.25) is 0 Å². The van der Waals surface area contributed by atoms with E-state index in [1.54, 1.807) is 0 Å². The van der Waals surface area contributed by atoms with Crippen LogP contribution in [0.2, 0.25) is 0 Å². The molecule has 0 aromatic rings. The van der Waals surface area contributed by atoms with Crippen molar-refractivity contribution >= 4 is 5.97 Å². The molecule has 5 aliphatic rings. The molecule has 9 atom stereocenters. The third kappa shape index (κ3) is 2.74. The zero-order chi connectivity index (χ0) is 20.8. The minimum atomic E-state index is -0.775. The molecule has 5 rings (SSSR count). The molecule has 3 aliphatic carbocycles. The number of ether oxygens (including phenoxy) is 2. The quantitative estimate of drug-likeness (QED) is 0.518. The van der Waals surface area contributed by atoms with Gasteiger partial charge in [-0.1, -0.05) is 31.6 Å². The number of hydrogen-bond donors (Lipinski definition) is 1. The summed E-state index contributed by atoms with van der Waals surface area (Å²) in [7, 11) is 0. The summed E-state index contributed by atoms with van der Waals surface area (Å²) >= 11 is 0. The predicted molar refractivity (Wildman–Crippen MR) is 111 cm³/mol. The second-order valence-electron chi connectivity index (χ2n) is 11.4. The van der Waals surface area contributed by atoms with Crippen LogP contribution in [0.15, 0.2) is 23.3 Å². The van der Waals surface area contributed by atoms with Gasteiger partial charge in [-0.3, -0.25) is 0 Å². The molecule has 2 saturated heterocycles. The molecule has 0 radical (unpaired) electrons. The Bertz CT molecular complexity index is 791. The highest BCUT2D eigenvalue weighted by molar-refractivity contribution is 5.92. The molecule has 1 spiro atoms. The Hall–Kier alpha value is -1.13. The van der Waals surface area contributed by atoms with E-state index in [0.717, 1.165) is 37.7 Å². The maximum Gasteiger partial charge on any atom is 0.334 e. The van der Waals surface area contributed by atoms with Gasteiger partial charge in [-0.2, -0.15) is 0 Å². The van der Waals surface area contributed by atoms with Crippen molar-refractivity contribution in [2.75, 3.05) is 0 Å². The van der Waals surface area contributed by atoms with Gasteiger partial charge in [0.25, 0.3) is 0 Å². The zero-order valence-electron chi connectivity index (χ0n) is 18.5. The molecular formula is C25H36O4. The molecule has 0 aromatic carbocycles. The minimum absolute atomic E-state index is 0.0622. The summed E-state index contributed by atoms with van der Waals surface area (Å²) in [6.07, 6.45) is 10.2. The average Bonchev–Trinajstić information content (AvgIpc) is 3.21. The van der Waals surface area contributed by atoms with Crippen LogP contribution in [0.3, 0.4) is 0 Å². The molecule has 0 bridgehead atoms. The van der Waals surface area contributed by atoms with Gasteiger partial charge in [0.15, 0.2) is 0 Å². The Morgan fingerprint density at radius 3 is 2.72 bits per heavy atom. The van der Waals surface area contributed by atoms with Crippen LogP contribution in [0.1, 0.15) is 73.1 Å². The molecule has 0 unspecified atom stereocenters. The van der Waals surface area contributed by atoms with E-state index in [4.69, 9.17) is 9.47 Å². The van der Waals surface area contributed by atoms with Gasteiger partial charge in [0, 0.05) is 17.9 Å². The molecule has 0 aromatic heterocycles. The van der Waals surface area contributed by atoms with E-state index in [2.05, 4.69) is 39.8 Å². The lowest BCUT2D eigenvalue weighted by Gasteiger charge is -2.45. The van der Waals surface area contributed by atoms with Crippen molar-refractivity contribution < 1.29 is 19.4 Å². The lowest BCUT2D eigenvalue weighted by Crippen LogP contribution is -2.46. The molecule has 4 nitrogen and oxygen atoms in total. The van der Waals surface area contributed by atoms with Crippen LogP contribution in [-0.4, -0.2) is 34.5 Å². The molecular weight excluding hydrogens is 364 g/mol. The van der Waals surface area contributed by atoms with Crippen LogP contribution in [0, 0.1) is 29.1 Å². The molecule has 2 aliphatic heterocycles. The van der Waals surface area contributed by atoms with Crippen LogP contribution in [0.4, 0.5) is 0 Å². The summed E-state index contributed by atoms with van der Waals surface area (Å²) < 4.78 is 12.5. The fourth-order valence-electron chi connectivity index (χ4n) is 7.86. The number of allylic oxidation sites excluding steroid dienone is 2. The van der Waals surface area contributed by atoms with Crippen molar-refractivity contribution in [3.8, 4) is 0 Å². The Labute approximate surface area is 174 Å². The highest BCUT2D eigenvalue weighted by Gasteiger charge is 2.65. The summed E-state index contributed by atoms with van der Waals surface area (Å²) in [5, 5.41) is 11.2. The van der Waals surface area contributed by atoms with Crippen molar-refractivity contribution in [1.29, 1.82) is 0 Å². The van der Waals surface area contributed by atoms with Gasteiger partial charge < -0.3 is 14.6 Å². The van der Waals surface area contributed by atoms with E-state index in [0.29, 0.717) is 18.3 Å². The Balaban J connectivity index is 1.54. The lowest BCUT2D eigenvalue weighted by molar-refractivity contribution is -0.140. The first-order valence-electron chi connectivity index (χ1n) is 11.5. The van der Waals surface area contributed by atoms with Gasteiger partial charge in [0.05, 0.1) is 17.3 Å². The summed E-state index contributed by atoms with van der Waals surface area (Å²) in [6.45, 7) is 11.0. The maximum atomic E-state index is 12.6. The highest BCUT2D eigenvalue weighted by atomic mass is 16.6. The maximum absolute atomic E-state index is 12.6. The van der Waals surface area contributed by atoms with Gasteiger partial charge in [-0.15, -0.1) is 0 Å². The van der Waals surface area contributed by atoms with Crippen LogP contribution >= 0.6 is 0 Å². The van der Waals surface area contributed by atoms with E-state index < -0.39 is 5.60 Å². The molecule has 2 saturated carbocycles. The number of aliphatic hydroxyl groups is 1. The zero-order valence-corrected chi connectivity index (χ0v) is 18.5. The Morgan fingerprint density at radius 2 is 2.00 bits per heavy atom. The van der Waals surface area contributed by atoms with Crippen molar-refractivity contribution in [1.82, 2.24) is 0 Å². The van der Waals surface area contributed by atoms with Crippen molar-refractivity contribution in [2.45, 2.75) is 96.6 Å². The summed E-state index contributed by atoms with van der Waals surface area (Å²) in [6, 6.07) is 0. The Morgan fingerprint density at radius 1 is 1.24 bits per heavy atom. The van der Waals surface area contributed by atoms with E-state index in [1.165, 1.54) is 5.57 Å². The first kappa shape index (κ1) is 19.8. The normalized spacial score (nSPS) is 53.2. The number of carbonyl (C=O) groups is 1. The largest absolute Gasteiger partial charge is 0.458 e. The monoisotopic (exact) mass is 400 g/mol. The average molecular weight is 401 g/mol.